The van der Waals surface area contributed by atoms with E-state index in [9.17, 15) is 24.3 Å². The van der Waals surface area contributed by atoms with E-state index >= 15 is 0 Å². The summed E-state index contributed by atoms with van der Waals surface area (Å²) in [6.07, 6.45) is 7.69. The maximum absolute atomic E-state index is 12.8. The molecule has 0 unspecified atom stereocenters. The molecule has 1 aliphatic carbocycles. The number of likely N-dealkylation sites (tertiary alicyclic amines) is 1. The largest absolute Gasteiger partial charge is 1.00 e. The van der Waals surface area contributed by atoms with Crippen LogP contribution in [0.4, 0.5) is 0 Å². The molecule has 2 atom stereocenters. The van der Waals surface area contributed by atoms with Crippen LogP contribution in [0, 0.1) is 5.92 Å². The van der Waals surface area contributed by atoms with Gasteiger partial charge in [-0.25, -0.2) is 14.8 Å². The van der Waals surface area contributed by atoms with E-state index in [0.717, 1.165) is 31.1 Å². The SMILES string of the molecule is O=C(CSc1ncccn1)N[C@@H]1C(=O)N2C(C(=O)O)=C(/C=C3\CCN(CC4CC4)C3=O)CS[C@H]12.[H-].[Na+]. The Labute approximate surface area is 234 Å². The van der Waals surface area contributed by atoms with Crippen LogP contribution in [0.5, 0.6) is 0 Å². The molecule has 0 aromatic carbocycles. The van der Waals surface area contributed by atoms with Gasteiger partial charge in [-0.2, -0.15) is 0 Å². The van der Waals surface area contributed by atoms with Crippen molar-refractivity contribution in [2.75, 3.05) is 24.6 Å². The van der Waals surface area contributed by atoms with Gasteiger partial charge in [0.2, 0.25) is 11.8 Å². The number of nitrogens with zero attached hydrogens (tertiary/aromatic N) is 4. The quantitative estimate of drug-likeness (QED) is 0.130. The van der Waals surface area contributed by atoms with Gasteiger partial charge in [-0.3, -0.25) is 19.3 Å². The molecule has 1 aromatic heterocycles. The van der Waals surface area contributed by atoms with Gasteiger partial charge >= 0.3 is 35.5 Å². The summed E-state index contributed by atoms with van der Waals surface area (Å²) < 4.78 is 0. The van der Waals surface area contributed by atoms with Crippen LogP contribution < -0.4 is 34.9 Å². The first-order valence-electron chi connectivity index (χ1n) is 11.0. The van der Waals surface area contributed by atoms with E-state index < -0.39 is 23.3 Å². The van der Waals surface area contributed by atoms with Crippen LogP contribution in [0.2, 0.25) is 0 Å². The number of amides is 3. The molecule has 4 aliphatic rings. The molecule has 4 heterocycles. The predicted octanol–water partition coefficient (Wildman–Crippen LogP) is -2.01. The normalized spacial score (nSPS) is 24.7. The van der Waals surface area contributed by atoms with Crippen molar-refractivity contribution in [1.29, 1.82) is 0 Å². The van der Waals surface area contributed by atoms with Crippen LogP contribution in [0.25, 0.3) is 0 Å². The second-order valence-electron chi connectivity index (χ2n) is 8.57. The summed E-state index contributed by atoms with van der Waals surface area (Å²) >= 11 is 2.54. The molecule has 1 aromatic rings. The Kier molecular flexibility index (Phi) is 8.26. The first kappa shape index (κ1) is 26.2. The summed E-state index contributed by atoms with van der Waals surface area (Å²) in [4.78, 5) is 61.1. The zero-order valence-electron chi connectivity index (χ0n) is 20.2. The number of allylic oxidation sites excluding steroid dienone is 1. The van der Waals surface area contributed by atoms with Gasteiger partial charge in [-0.05, 0) is 42.9 Å². The van der Waals surface area contributed by atoms with Gasteiger partial charge in [0.15, 0.2) is 5.16 Å². The topological polar surface area (TPSA) is 133 Å². The third kappa shape index (κ3) is 5.61. The van der Waals surface area contributed by atoms with Crippen LogP contribution in [0.1, 0.15) is 20.7 Å². The average Bonchev–Trinajstić information content (AvgIpc) is 3.60. The van der Waals surface area contributed by atoms with Gasteiger partial charge in [-0.1, -0.05) is 11.8 Å². The number of thioether (sulfide) groups is 2. The number of carbonyl (C=O) groups is 4. The molecule has 13 heteroatoms. The number of nitrogens with one attached hydrogen (secondary N) is 1. The van der Waals surface area contributed by atoms with E-state index in [1.54, 1.807) is 24.5 Å². The van der Waals surface area contributed by atoms with Crippen molar-refractivity contribution in [3.8, 4) is 0 Å². The van der Waals surface area contributed by atoms with Gasteiger partial charge in [0, 0.05) is 36.8 Å². The molecule has 0 bridgehead atoms. The second-order valence-corrected chi connectivity index (χ2v) is 10.6. The Hall–Kier alpha value is -1.86. The zero-order chi connectivity index (χ0) is 23.8. The maximum atomic E-state index is 12.8. The number of β-lactam (4-membered cyclic amide) rings is 1. The molecule has 1 saturated carbocycles. The van der Waals surface area contributed by atoms with Gasteiger partial charge in [0.1, 0.15) is 17.1 Å². The molecule has 3 amide bonds. The summed E-state index contributed by atoms with van der Waals surface area (Å²) in [5, 5.41) is 12.5. The maximum Gasteiger partial charge on any atom is 1.00 e. The minimum atomic E-state index is -1.22. The molecule has 3 aliphatic heterocycles. The van der Waals surface area contributed by atoms with Crippen LogP contribution in [0.15, 0.2) is 46.5 Å². The molecule has 2 N–H and O–H groups in total. The summed E-state index contributed by atoms with van der Waals surface area (Å²) in [6.45, 7) is 1.41. The molecule has 5 rings (SSSR count). The number of rotatable bonds is 8. The van der Waals surface area contributed by atoms with E-state index in [1.165, 1.54) is 16.7 Å². The molecule has 2 saturated heterocycles. The van der Waals surface area contributed by atoms with Crippen LogP contribution in [-0.4, -0.2) is 84.6 Å². The molecule has 0 radical (unpaired) electrons. The van der Waals surface area contributed by atoms with Gasteiger partial charge in [0.05, 0.1) is 5.75 Å². The molecule has 180 valence electrons. The minimum Gasteiger partial charge on any atom is -1.00 e. The zero-order valence-corrected chi connectivity index (χ0v) is 22.8. The Morgan fingerprint density at radius 2 is 2.03 bits per heavy atom. The first-order valence-corrected chi connectivity index (χ1v) is 13.1. The fourth-order valence-electron chi connectivity index (χ4n) is 4.26. The summed E-state index contributed by atoms with van der Waals surface area (Å²) in [5.74, 6) is -1.10. The number of carboxylic acids is 1. The molecule has 35 heavy (non-hydrogen) atoms. The van der Waals surface area contributed by atoms with E-state index in [0.29, 0.717) is 40.9 Å². The van der Waals surface area contributed by atoms with Crippen molar-refractivity contribution >= 4 is 47.2 Å². The number of aromatic nitrogens is 2. The Morgan fingerprint density at radius 1 is 1.29 bits per heavy atom. The monoisotopic (exact) mass is 525 g/mol. The molecule has 10 nitrogen and oxygen atoms in total. The fourth-order valence-corrected chi connectivity index (χ4v) is 6.18. The molecular formula is C22H24N5NaO5S2. The van der Waals surface area contributed by atoms with Crippen molar-refractivity contribution in [2.24, 2.45) is 5.92 Å². The molecule has 0 spiro atoms. The van der Waals surface area contributed by atoms with E-state index in [-0.39, 0.29) is 54.2 Å². The fraction of sp³-hybridized carbons (Fsp3) is 0.455. The van der Waals surface area contributed by atoms with Crippen molar-refractivity contribution in [3.63, 3.8) is 0 Å². The second kappa shape index (κ2) is 11.0. The first-order chi connectivity index (χ1) is 16.4. The van der Waals surface area contributed by atoms with E-state index in [2.05, 4.69) is 15.3 Å². The molecular weight excluding hydrogens is 501 g/mol. The number of carboxylic acid groups (broad SMARTS) is 1. The van der Waals surface area contributed by atoms with Crippen LogP contribution in [-0.2, 0) is 19.2 Å². The van der Waals surface area contributed by atoms with Crippen molar-refractivity contribution in [2.45, 2.75) is 35.8 Å². The van der Waals surface area contributed by atoms with Crippen molar-refractivity contribution in [3.05, 3.63) is 41.4 Å². The third-order valence-electron chi connectivity index (χ3n) is 6.13. The van der Waals surface area contributed by atoms with Crippen LogP contribution >= 0.6 is 23.5 Å². The number of hydrogen-bond donors (Lipinski definition) is 2. The number of fused-ring (bicyclic) bond motifs is 1. The minimum absolute atomic E-state index is 0. The Bertz CT molecular complexity index is 1120. The Morgan fingerprint density at radius 3 is 2.71 bits per heavy atom. The van der Waals surface area contributed by atoms with E-state index in [4.69, 9.17) is 0 Å². The van der Waals surface area contributed by atoms with Gasteiger partial charge in [0.25, 0.3) is 5.91 Å². The van der Waals surface area contributed by atoms with Crippen molar-refractivity contribution in [1.82, 2.24) is 25.1 Å². The van der Waals surface area contributed by atoms with Crippen molar-refractivity contribution < 1.29 is 55.3 Å². The molecule has 3 fully saturated rings. The van der Waals surface area contributed by atoms with Gasteiger partial charge in [-0.15, -0.1) is 11.8 Å². The number of aliphatic carboxylic acids is 1. The average molecular weight is 526 g/mol. The number of hydrogen-bond acceptors (Lipinski definition) is 8. The predicted molar refractivity (Wildman–Crippen MR) is 126 cm³/mol. The summed E-state index contributed by atoms with van der Waals surface area (Å²) in [7, 11) is 0. The summed E-state index contributed by atoms with van der Waals surface area (Å²) in [6, 6.07) is 0.886. The third-order valence-corrected chi connectivity index (χ3v) is 8.31. The smallest absolute Gasteiger partial charge is 1.00 e. The Balaban J connectivity index is 0.00000180. The summed E-state index contributed by atoms with van der Waals surface area (Å²) in [5.41, 5.74) is 0.943. The van der Waals surface area contributed by atoms with Gasteiger partial charge < -0.3 is 16.7 Å². The van der Waals surface area contributed by atoms with E-state index in [1.807, 2.05) is 4.90 Å². The van der Waals surface area contributed by atoms with Crippen LogP contribution in [0.3, 0.4) is 0 Å². The standard InChI is InChI=1S/C22H23N5O5S2.Na.H/c28-15(11-34-22-23-5-1-6-24-22)25-16-19(30)27-17(21(31)32)14(10-33-20(16)27)8-13-4-7-26(18(13)29)9-12-2-3-12;;/h1,5-6,8,12,16,20H,2-4,7,9-11H2,(H,25,28)(H,31,32);;/q;+1;-1/b13-8+;;/t16-,20-;;/m1../s1. The number of carbonyl (C=O) groups excluding carboxylic acids is 3.